The second-order valence-corrected chi connectivity index (χ2v) is 4.71. The average molecular weight is 248 g/mol. The lowest BCUT2D eigenvalue weighted by atomic mass is 9.86. The Morgan fingerprint density at radius 1 is 1.39 bits per heavy atom. The van der Waals surface area contributed by atoms with Crippen LogP contribution in [0.5, 0.6) is 5.75 Å². The Balaban J connectivity index is 2.20. The van der Waals surface area contributed by atoms with Crippen molar-refractivity contribution in [1.29, 1.82) is 0 Å². The molecule has 18 heavy (non-hydrogen) atoms. The second-order valence-electron chi connectivity index (χ2n) is 4.71. The fourth-order valence-electron chi connectivity index (χ4n) is 2.57. The molecule has 1 aromatic carbocycles. The molecule has 0 radical (unpaired) electrons. The zero-order valence-corrected chi connectivity index (χ0v) is 10.7. The minimum absolute atomic E-state index is 0.157. The van der Waals surface area contributed by atoms with Gasteiger partial charge < -0.3 is 15.8 Å². The van der Waals surface area contributed by atoms with E-state index in [2.05, 4.69) is 5.32 Å². The zero-order valence-electron chi connectivity index (χ0n) is 10.7. The van der Waals surface area contributed by atoms with E-state index in [1.54, 1.807) is 7.11 Å². The summed E-state index contributed by atoms with van der Waals surface area (Å²) in [6.45, 7) is 0.963. The molecule has 1 saturated heterocycles. The van der Waals surface area contributed by atoms with Gasteiger partial charge in [0, 0.05) is 6.04 Å². The van der Waals surface area contributed by atoms with Crippen LogP contribution in [0, 0.1) is 0 Å². The Morgan fingerprint density at radius 2 is 2.11 bits per heavy atom. The third-order valence-electron chi connectivity index (χ3n) is 3.53. The molecule has 0 spiro atoms. The first-order valence-corrected chi connectivity index (χ1v) is 6.39. The average Bonchev–Trinajstić information content (AvgIpc) is 2.40. The molecule has 0 saturated carbocycles. The van der Waals surface area contributed by atoms with E-state index in [9.17, 15) is 4.79 Å². The molecule has 0 aliphatic carbocycles. The van der Waals surface area contributed by atoms with Crippen LogP contribution in [0.25, 0.3) is 0 Å². The van der Waals surface area contributed by atoms with Crippen LogP contribution in [0.15, 0.2) is 24.3 Å². The normalized spacial score (nSPS) is 21.3. The van der Waals surface area contributed by atoms with Crippen LogP contribution in [0.2, 0.25) is 0 Å². The molecule has 2 atom stereocenters. The predicted octanol–water partition coefficient (Wildman–Crippen LogP) is 1.41. The van der Waals surface area contributed by atoms with E-state index in [1.807, 2.05) is 24.3 Å². The van der Waals surface area contributed by atoms with E-state index in [1.165, 1.54) is 6.42 Å². The van der Waals surface area contributed by atoms with E-state index < -0.39 is 0 Å². The molecular formula is C14H20N2O2. The first-order valence-electron chi connectivity index (χ1n) is 6.39. The van der Waals surface area contributed by atoms with Gasteiger partial charge in [0.15, 0.2) is 0 Å². The highest BCUT2D eigenvalue weighted by Crippen LogP contribution is 2.26. The van der Waals surface area contributed by atoms with Crippen LogP contribution in [-0.2, 0) is 4.79 Å². The summed E-state index contributed by atoms with van der Waals surface area (Å²) in [7, 11) is 1.63. The maximum Gasteiger partial charge on any atom is 0.226 e. The molecule has 4 heteroatoms. The van der Waals surface area contributed by atoms with Crippen molar-refractivity contribution in [2.24, 2.45) is 5.73 Å². The summed E-state index contributed by atoms with van der Waals surface area (Å²) in [4.78, 5) is 11.7. The van der Waals surface area contributed by atoms with Crippen LogP contribution >= 0.6 is 0 Å². The van der Waals surface area contributed by atoms with Gasteiger partial charge in [-0.3, -0.25) is 4.79 Å². The number of amides is 1. The Kier molecular flexibility index (Phi) is 4.20. The van der Waals surface area contributed by atoms with Gasteiger partial charge in [-0.25, -0.2) is 0 Å². The van der Waals surface area contributed by atoms with Gasteiger partial charge in [0.1, 0.15) is 5.75 Å². The van der Waals surface area contributed by atoms with Crippen molar-refractivity contribution in [3.63, 3.8) is 0 Å². The molecule has 1 fully saturated rings. The zero-order chi connectivity index (χ0) is 13.0. The van der Waals surface area contributed by atoms with Gasteiger partial charge in [-0.2, -0.15) is 0 Å². The molecular weight excluding hydrogens is 228 g/mol. The SMILES string of the molecule is COc1ccc([C@H](C(N)=O)C2CCCCN2)cc1. The van der Waals surface area contributed by atoms with E-state index in [0.29, 0.717) is 0 Å². The Hall–Kier alpha value is -1.55. The second kappa shape index (κ2) is 5.87. The summed E-state index contributed by atoms with van der Waals surface area (Å²) in [6.07, 6.45) is 3.32. The lowest BCUT2D eigenvalue weighted by Crippen LogP contribution is -2.43. The summed E-state index contributed by atoms with van der Waals surface area (Å²) in [5.74, 6) is 0.273. The number of carbonyl (C=O) groups excluding carboxylic acids is 1. The number of piperidine rings is 1. The van der Waals surface area contributed by atoms with Gasteiger partial charge in [-0.1, -0.05) is 18.6 Å². The molecule has 1 aliphatic rings. The van der Waals surface area contributed by atoms with Crippen molar-refractivity contribution in [2.75, 3.05) is 13.7 Å². The van der Waals surface area contributed by atoms with Gasteiger partial charge in [-0.05, 0) is 37.1 Å². The minimum Gasteiger partial charge on any atom is -0.497 e. The van der Waals surface area contributed by atoms with E-state index in [-0.39, 0.29) is 17.9 Å². The smallest absolute Gasteiger partial charge is 0.226 e. The number of nitrogens with two attached hydrogens (primary N) is 1. The van der Waals surface area contributed by atoms with Crippen molar-refractivity contribution < 1.29 is 9.53 Å². The number of rotatable bonds is 4. The minimum atomic E-state index is -0.264. The molecule has 1 unspecified atom stereocenters. The van der Waals surface area contributed by atoms with Gasteiger partial charge in [0.05, 0.1) is 13.0 Å². The Labute approximate surface area is 108 Å². The fraction of sp³-hybridized carbons (Fsp3) is 0.500. The van der Waals surface area contributed by atoms with Gasteiger partial charge in [0.2, 0.25) is 5.91 Å². The van der Waals surface area contributed by atoms with Crippen LogP contribution in [0.4, 0.5) is 0 Å². The molecule has 2 rings (SSSR count). The first kappa shape index (κ1) is 12.9. The van der Waals surface area contributed by atoms with E-state index in [0.717, 1.165) is 30.7 Å². The number of hydrogen-bond donors (Lipinski definition) is 2. The van der Waals surface area contributed by atoms with Gasteiger partial charge >= 0.3 is 0 Å². The maximum atomic E-state index is 11.7. The molecule has 3 N–H and O–H groups in total. The van der Waals surface area contributed by atoms with Crippen LogP contribution in [-0.4, -0.2) is 25.6 Å². The predicted molar refractivity (Wildman–Crippen MR) is 70.6 cm³/mol. The van der Waals surface area contributed by atoms with Crippen molar-refractivity contribution in [3.8, 4) is 5.75 Å². The van der Waals surface area contributed by atoms with Crippen molar-refractivity contribution >= 4 is 5.91 Å². The number of methoxy groups -OCH3 is 1. The van der Waals surface area contributed by atoms with Crippen molar-refractivity contribution in [3.05, 3.63) is 29.8 Å². The lowest BCUT2D eigenvalue weighted by molar-refractivity contribution is -0.120. The molecule has 1 aromatic rings. The van der Waals surface area contributed by atoms with Gasteiger partial charge in [0.25, 0.3) is 0 Å². The van der Waals surface area contributed by atoms with E-state index >= 15 is 0 Å². The summed E-state index contributed by atoms with van der Waals surface area (Å²) in [5, 5.41) is 3.40. The van der Waals surface area contributed by atoms with Crippen molar-refractivity contribution in [2.45, 2.75) is 31.2 Å². The summed E-state index contributed by atoms with van der Waals surface area (Å²) < 4.78 is 5.12. The van der Waals surface area contributed by atoms with Crippen LogP contribution in [0.3, 0.4) is 0 Å². The number of benzene rings is 1. The largest absolute Gasteiger partial charge is 0.497 e. The standard InChI is InChI=1S/C14H20N2O2/c1-18-11-7-5-10(6-8-11)13(14(15)17)12-4-2-3-9-16-12/h5-8,12-13,16H,2-4,9H2,1H3,(H2,15,17)/t12?,13-/m0/s1. The van der Waals surface area contributed by atoms with Crippen molar-refractivity contribution in [1.82, 2.24) is 5.32 Å². The monoisotopic (exact) mass is 248 g/mol. The highest BCUT2D eigenvalue weighted by Gasteiger charge is 2.29. The van der Waals surface area contributed by atoms with Crippen LogP contribution < -0.4 is 15.8 Å². The maximum absolute atomic E-state index is 11.7. The summed E-state index contributed by atoms with van der Waals surface area (Å²) in [6, 6.07) is 7.74. The Morgan fingerprint density at radius 3 is 2.61 bits per heavy atom. The summed E-state index contributed by atoms with van der Waals surface area (Å²) >= 11 is 0. The number of nitrogens with one attached hydrogen (secondary N) is 1. The third-order valence-corrected chi connectivity index (χ3v) is 3.53. The molecule has 98 valence electrons. The molecule has 4 nitrogen and oxygen atoms in total. The third kappa shape index (κ3) is 2.82. The highest BCUT2D eigenvalue weighted by molar-refractivity contribution is 5.82. The lowest BCUT2D eigenvalue weighted by Gasteiger charge is -2.29. The highest BCUT2D eigenvalue weighted by atomic mass is 16.5. The first-order chi connectivity index (χ1) is 8.72. The molecule has 0 aromatic heterocycles. The number of ether oxygens (including phenoxy) is 1. The Bertz CT molecular complexity index is 397. The number of hydrogen-bond acceptors (Lipinski definition) is 3. The fourth-order valence-corrected chi connectivity index (χ4v) is 2.57. The van der Waals surface area contributed by atoms with Gasteiger partial charge in [-0.15, -0.1) is 0 Å². The number of primary amides is 1. The molecule has 1 heterocycles. The molecule has 1 amide bonds. The van der Waals surface area contributed by atoms with Crippen LogP contribution in [0.1, 0.15) is 30.7 Å². The molecule has 0 bridgehead atoms. The quantitative estimate of drug-likeness (QED) is 0.846. The molecule has 1 aliphatic heterocycles. The van der Waals surface area contributed by atoms with E-state index in [4.69, 9.17) is 10.5 Å². The number of carbonyl (C=O) groups is 1. The topological polar surface area (TPSA) is 64.3 Å². The summed E-state index contributed by atoms with van der Waals surface area (Å²) in [5.41, 5.74) is 6.52.